The summed E-state index contributed by atoms with van der Waals surface area (Å²) in [5.74, 6) is 0.350. The highest BCUT2D eigenvalue weighted by Crippen LogP contribution is 2.26. The van der Waals surface area contributed by atoms with Crippen molar-refractivity contribution in [3.63, 3.8) is 0 Å². The Hall–Kier alpha value is -3.85. The quantitative estimate of drug-likeness (QED) is 0.409. The van der Waals surface area contributed by atoms with Gasteiger partial charge >= 0.3 is 0 Å². The average Bonchev–Trinajstić information content (AvgIpc) is 2.85. The Labute approximate surface area is 225 Å². The van der Waals surface area contributed by atoms with E-state index < -0.39 is 34.1 Å². The Morgan fingerprint density at radius 2 is 1.39 bits per heavy atom. The molecule has 1 unspecified atom stereocenters. The van der Waals surface area contributed by atoms with Crippen LogP contribution in [-0.2, 0) is 26.2 Å². The van der Waals surface area contributed by atoms with Crippen LogP contribution in [-0.4, -0.2) is 49.5 Å². The maximum atomic E-state index is 13.6. The molecule has 3 rings (SSSR count). The number of rotatable bonds is 10. The number of carbonyl (C=O) groups is 2. The van der Waals surface area contributed by atoms with E-state index in [0.717, 1.165) is 16.1 Å². The van der Waals surface area contributed by atoms with Gasteiger partial charge in [0.25, 0.3) is 0 Å². The van der Waals surface area contributed by atoms with Gasteiger partial charge in [-0.15, -0.1) is 0 Å². The summed E-state index contributed by atoms with van der Waals surface area (Å²) in [6, 6.07) is 24.1. The summed E-state index contributed by atoms with van der Waals surface area (Å²) < 4.78 is 32.4. The Balaban J connectivity index is 1.85. The number of ether oxygens (including phenoxy) is 1. The molecule has 0 aliphatic rings. The van der Waals surface area contributed by atoms with E-state index >= 15 is 0 Å². The second-order valence-corrected chi connectivity index (χ2v) is 12.0. The summed E-state index contributed by atoms with van der Waals surface area (Å²) in [5, 5.41) is 2.90. The lowest BCUT2D eigenvalue weighted by Crippen LogP contribution is -2.54. The first kappa shape index (κ1) is 28.7. The summed E-state index contributed by atoms with van der Waals surface area (Å²) in [6.45, 7) is 6.91. The van der Waals surface area contributed by atoms with Crippen LogP contribution >= 0.6 is 0 Å². The van der Waals surface area contributed by atoms with Gasteiger partial charge < -0.3 is 15.0 Å². The number of amides is 2. The zero-order valence-electron chi connectivity index (χ0n) is 22.4. The lowest BCUT2D eigenvalue weighted by Gasteiger charge is -2.33. The van der Waals surface area contributed by atoms with E-state index in [-0.39, 0.29) is 12.5 Å². The average molecular weight is 538 g/mol. The Morgan fingerprint density at radius 1 is 0.868 bits per heavy atom. The molecule has 0 aliphatic carbocycles. The zero-order valence-corrected chi connectivity index (χ0v) is 23.2. The van der Waals surface area contributed by atoms with E-state index in [4.69, 9.17) is 4.74 Å². The number of nitrogens with one attached hydrogen (secondary N) is 1. The molecule has 1 N–H and O–H groups in total. The largest absolute Gasteiger partial charge is 0.457 e. The van der Waals surface area contributed by atoms with Crippen LogP contribution in [0.4, 0.5) is 5.69 Å². The van der Waals surface area contributed by atoms with Gasteiger partial charge in [0.2, 0.25) is 21.8 Å². The summed E-state index contributed by atoms with van der Waals surface area (Å²) in [4.78, 5) is 28.0. The number of carbonyl (C=O) groups excluding carboxylic acids is 2. The van der Waals surface area contributed by atoms with E-state index in [1.54, 1.807) is 31.2 Å². The molecule has 0 radical (unpaired) electrons. The van der Waals surface area contributed by atoms with Crippen molar-refractivity contribution < 1.29 is 22.7 Å². The molecular weight excluding hydrogens is 502 g/mol. The standard InChI is InChI=1S/C29H35N3O5S/c1-22(28(34)30-29(2,3)4)31(20-23-12-8-6-9-13-23)27(33)21-32(38(5,35)36)24-16-18-26(19-17-24)37-25-14-10-7-11-15-25/h6-19,22H,20-21H2,1-5H3,(H,30,34). The fraction of sp³-hybridized carbons (Fsp3) is 0.310. The lowest BCUT2D eigenvalue weighted by molar-refractivity contribution is -0.140. The lowest BCUT2D eigenvalue weighted by atomic mass is 10.1. The van der Waals surface area contributed by atoms with Crippen LogP contribution < -0.4 is 14.4 Å². The van der Waals surface area contributed by atoms with Gasteiger partial charge in [0.1, 0.15) is 24.1 Å². The molecule has 2 amide bonds. The molecule has 0 fully saturated rings. The fourth-order valence-corrected chi connectivity index (χ4v) is 4.61. The SMILES string of the molecule is CC(C(=O)NC(C)(C)C)N(Cc1ccccc1)C(=O)CN(c1ccc(Oc2ccccc2)cc1)S(C)(=O)=O. The number of benzene rings is 3. The van der Waals surface area contributed by atoms with Crippen LogP contribution in [0.1, 0.15) is 33.3 Å². The van der Waals surface area contributed by atoms with Crippen molar-refractivity contribution in [1.29, 1.82) is 0 Å². The van der Waals surface area contributed by atoms with E-state index in [9.17, 15) is 18.0 Å². The van der Waals surface area contributed by atoms with Gasteiger partial charge in [0.15, 0.2) is 0 Å². The van der Waals surface area contributed by atoms with E-state index in [0.29, 0.717) is 17.2 Å². The van der Waals surface area contributed by atoms with Crippen molar-refractivity contribution in [1.82, 2.24) is 10.2 Å². The molecule has 1 atom stereocenters. The van der Waals surface area contributed by atoms with E-state index in [1.165, 1.54) is 4.90 Å². The first-order valence-corrected chi connectivity index (χ1v) is 14.1. The second-order valence-electron chi connectivity index (χ2n) is 10.1. The first-order chi connectivity index (χ1) is 17.8. The van der Waals surface area contributed by atoms with E-state index in [2.05, 4.69) is 5.32 Å². The molecule has 3 aromatic carbocycles. The molecule has 0 saturated heterocycles. The van der Waals surface area contributed by atoms with Gasteiger partial charge in [0.05, 0.1) is 11.9 Å². The molecule has 0 spiro atoms. The number of nitrogens with zero attached hydrogens (tertiary/aromatic N) is 2. The molecule has 0 aliphatic heterocycles. The fourth-order valence-electron chi connectivity index (χ4n) is 3.76. The molecule has 0 saturated carbocycles. The highest BCUT2D eigenvalue weighted by atomic mass is 32.2. The van der Waals surface area contributed by atoms with Crippen LogP contribution in [0.15, 0.2) is 84.9 Å². The number of hydrogen-bond donors (Lipinski definition) is 1. The third kappa shape index (κ3) is 8.34. The molecule has 8 nitrogen and oxygen atoms in total. The van der Waals surface area contributed by atoms with Crippen molar-refractivity contribution in [2.45, 2.75) is 45.8 Å². The number of para-hydroxylation sites is 1. The van der Waals surface area contributed by atoms with Crippen molar-refractivity contribution in [2.75, 3.05) is 17.1 Å². The van der Waals surface area contributed by atoms with Gasteiger partial charge in [-0.05, 0) is 69.7 Å². The molecule has 0 heterocycles. The highest BCUT2D eigenvalue weighted by molar-refractivity contribution is 7.92. The number of hydrogen-bond acceptors (Lipinski definition) is 5. The number of anilines is 1. The normalized spacial score (nSPS) is 12.3. The van der Waals surface area contributed by atoms with Gasteiger partial charge in [-0.2, -0.15) is 0 Å². The predicted molar refractivity (Wildman–Crippen MR) is 149 cm³/mol. The Kier molecular flexibility index (Phi) is 9.17. The minimum Gasteiger partial charge on any atom is -0.457 e. The molecule has 0 aromatic heterocycles. The Bertz CT molecular complexity index is 1320. The van der Waals surface area contributed by atoms with Crippen LogP contribution in [0.3, 0.4) is 0 Å². The van der Waals surface area contributed by atoms with Crippen LogP contribution in [0.5, 0.6) is 11.5 Å². The molecule has 9 heteroatoms. The van der Waals surface area contributed by atoms with Crippen LogP contribution in [0.2, 0.25) is 0 Å². The smallest absolute Gasteiger partial charge is 0.244 e. The minimum absolute atomic E-state index is 0.153. The van der Waals surface area contributed by atoms with Gasteiger partial charge in [-0.1, -0.05) is 48.5 Å². The summed E-state index contributed by atoms with van der Waals surface area (Å²) in [5.41, 5.74) is 0.645. The molecule has 38 heavy (non-hydrogen) atoms. The first-order valence-electron chi connectivity index (χ1n) is 12.3. The van der Waals surface area contributed by atoms with Crippen molar-refractivity contribution in [2.24, 2.45) is 0 Å². The maximum Gasteiger partial charge on any atom is 0.244 e. The van der Waals surface area contributed by atoms with Crippen molar-refractivity contribution >= 4 is 27.5 Å². The van der Waals surface area contributed by atoms with Crippen molar-refractivity contribution in [3.8, 4) is 11.5 Å². The van der Waals surface area contributed by atoms with Crippen molar-refractivity contribution in [3.05, 3.63) is 90.5 Å². The number of sulfonamides is 1. The molecular formula is C29H35N3O5S. The monoisotopic (exact) mass is 537 g/mol. The Morgan fingerprint density at radius 3 is 1.92 bits per heavy atom. The topological polar surface area (TPSA) is 96.0 Å². The van der Waals surface area contributed by atoms with Crippen LogP contribution in [0, 0.1) is 0 Å². The minimum atomic E-state index is -3.82. The zero-order chi connectivity index (χ0) is 27.9. The van der Waals surface area contributed by atoms with Gasteiger partial charge in [-0.25, -0.2) is 8.42 Å². The third-order valence-electron chi connectivity index (χ3n) is 5.64. The predicted octanol–water partition coefficient (Wildman–Crippen LogP) is 4.58. The molecule has 0 bridgehead atoms. The summed E-state index contributed by atoms with van der Waals surface area (Å²) in [7, 11) is -3.82. The maximum absolute atomic E-state index is 13.6. The molecule has 202 valence electrons. The highest BCUT2D eigenvalue weighted by Gasteiger charge is 2.31. The van der Waals surface area contributed by atoms with Crippen LogP contribution in [0.25, 0.3) is 0 Å². The molecule has 3 aromatic rings. The van der Waals surface area contributed by atoms with Gasteiger partial charge in [-0.3, -0.25) is 13.9 Å². The van der Waals surface area contributed by atoms with E-state index in [1.807, 2.05) is 81.4 Å². The second kappa shape index (κ2) is 12.1. The summed E-state index contributed by atoms with van der Waals surface area (Å²) in [6.07, 6.45) is 1.05. The summed E-state index contributed by atoms with van der Waals surface area (Å²) >= 11 is 0. The third-order valence-corrected chi connectivity index (χ3v) is 6.78. The van der Waals surface area contributed by atoms with Gasteiger partial charge in [0, 0.05) is 12.1 Å².